The zero-order chi connectivity index (χ0) is 22.2. The third-order valence-electron chi connectivity index (χ3n) is 6.13. The molecule has 0 radical (unpaired) electrons. The summed E-state index contributed by atoms with van der Waals surface area (Å²) < 4.78 is 0. The molecule has 0 spiro atoms. The van der Waals surface area contributed by atoms with Gasteiger partial charge < -0.3 is 0 Å². The molecule has 2 heterocycles. The maximum absolute atomic E-state index is 12.7. The Balaban J connectivity index is 1.44. The first-order chi connectivity index (χ1) is 15.5. The van der Waals surface area contributed by atoms with Crippen molar-refractivity contribution in [1.82, 2.24) is 19.9 Å². The molecule has 1 aliphatic rings. The Morgan fingerprint density at radius 2 is 1.91 bits per heavy atom. The first-order valence-corrected chi connectivity index (χ1v) is 11.3. The summed E-state index contributed by atoms with van der Waals surface area (Å²) in [6.45, 7) is 4.15. The van der Waals surface area contributed by atoms with Crippen LogP contribution < -0.4 is 0 Å². The van der Waals surface area contributed by atoms with Gasteiger partial charge in [0.05, 0.1) is 23.2 Å². The number of ketones is 1. The second-order valence-corrected chi connectivity index (χ2v) is 8.77. The number of hydrogen-bond donors (Lipinski definition) is 0. The quantitative estimate of drug-likeness (QED) is 0.420. The smallest absolute Gasteiger partial charge is 0.166 e. The van der Waals surface area contributed by atoms with Gasteiger partial charge in [0.2, 0.25) is 0 Å². The average molecular weight is 443 g/mol. The van der Waals surface area contributed by atoms with Crippen molar-refractivity contribution in [3.63, 3.8) is 0 Å². The molecule has 2 aromatic carbocycles. The lowest BCUT2D eigenvalue weighted by atomic mass is 9.82. The molecule has 1 aliphatic carbocycles. The normalized spacial score (nSPS) is 15.7. The molecule has 4 aromatic rings. The number of carbonyl (C=O) groups is 1. The summed E-state index contributed by atoms with van der Waals surface area (Å²) in [6.07, 6.45) is 4.21. The molecule has 0 saturated carbocycles. The number of halogens is 1. The van der Waals surface area contributed by atoms with E-state index >= 15 is 0 Å². The maximum atomic E-state index is 12.7. The van der Waals surface area contributed by atoms with Crippen LogP contribution in [0.3, 0.4) is 0 Å². The van der Waals surface area contributed by atoms with Gasteiger partial charge in [-0.3, -0.25) is 4.79 Å². The fourth-order valence-corrected chi connectivity index (χ4v) is 4.60. The molecule has 32 heavy (non-hydrogen) atoms. The third-order valence-corrected chi connectivity index (χ3v) is 6.37. The summed E-state index contributed by atoms with van der Waals surface area (Å²) in [4.78, 5) is 31.4. The fourth-order valence-electron chi connectivity index (χ4n) is 4.40. The van der Waals surface area contributed by atoms with Crippen molar-refractivity contribution in [2.24, 2.45) is 0 Å². The number of benzene rings is 2. The Kier molecular flexibility index (Phi) is 5.43. The fraction of sp³-hybridized carbons (Fsp3) is 0.269. The first kappa shape index (κ1) is 20.7. The Labute approximate surface area is 191 Å². The van der Waals surface area contributed by atoms with Crippen LogP contribution in [0.1, 0.15) is 63.8 Å². The van der Waals surface area contributed by atoms with Crippen molar-refractivity contribution in [2.45, 2.75) is 45.4 Å². The van der Waals surface area contributed by atoms with E-state index in [1.165, 1.54) is 5.56 Å². The second-order valence-electron chi connectivity index (χ2n) is 8.34. The van der Waals surface area contributed by atoms with Crippen molar-refractivity contribution >= 4 is 28.3 Å². The number of Topliss-reactive ketones (excluding diaryl/α,β-unsaturated/α-hetero) is 1. The van der Waals surface area contributed by atoms with Gasteiger partial charge >= 0.3 is 0 Å². The van der Waals surface area contributed by atoms with E-state index in [1.807, 2.05) is 37.3 Å². The molecule has 0 fully saturated rings. The van der Waals surface area contributed by atoms with Gasteiger partial charge in [0, 0.05) is 28.7 Å². The van der Waals surface area contributed by atoms with Crippen LogP contribution >= 0.6 is 11.6 Å². The highest BCUT2D eigenvalue weighted by Gasteiger charge is 2.28. The number of carbonyl (C=O) groups excluding carboxylic acids is 1. The largest absolute Gasteiger partial charge is 0.294 e. The standard InChI is InChI=1S/C26H23ClN4O/c1-3-16-7-8-22-20(9-16)15(2)29-26(30-22)13-25-28-14-21-23(31-25)11-18(12-24(21)32)17-5-4-6-19(27)10-17/h4-10,14,18H,3,11-13H2,1-2H3. The SMILES string of the molecule is CCc1ccc2nc(Cc3ncc4c(n3)CC(c3cccc(Cl)c3)CC4=O)nc(C)c2c1. The number of rotatable bonds is 4. The lowest BCUT2D eigenvalue weighted by Crippen LogP contribution is -2.21. The van der Waals surface area contributed by atoms with E-state index in [-0.39, 0.29) is 11.7 Å². The van der Waals surface area contributed by atoms with E-state index in [1.54, 1.807) is 6.20 Å². The summed E-state index contributed by atoms with van der Waals surface area (Å²) in [5.74, 6) is 1.47. The van der Waals surface area contributed by atoms with Crippen LogP contribution in [0.5, 0.6) is 0 Å². The van der Waals surface area contributed by atoms with Gasteiger partial charge in [-0.05, 0) is 61.1 Å². The number of nitrogens with zero attached hydrogens (tertiary/aromatic N) is 4. The highest BCUT2D eigenvalue weighted by atomic mass is 35.5. The van der Waals surface area contributed by atoms with Gasteiger partial charge in [0.15, 0.2) is 5.78 Å². The maximum Gasteiger partial charge on any atom is 0.166 e. The van der Waals surface area contributed by atoms with E-state index in [9.17, 15) is 4.79 Å². The van der Waals surface area contributed by atoms with Crippen LogP contribution in [0, 0.1) is 6.92 Å². The van der Waals surface area contributed by atoms with Crippen LogP contribution in [0.25, 0.3) is 10.9 Å². The van der Waals surface area contributed by atoms with E-state index < -0.39 is 0 Å². The molecular weight excluding hydrogens is 420 g/mol. The molecule has 5 nitrogen and oxygen atoms in total. The van der Waals surface area contributed by atoms with Crippen molar-refractivity contribution < 1.29 is 4.79 Å². The molecular formula is C26H23ClN4O. The van der Waals surface area contributed by atoms with Crippen LogP contribution in [0.4, 0.5) is 0 Å². The minimum atomic E-state index is 0.0726. The summed E-state index contributed by atoms with van der Waals surface area (Å²) in [5, 5.41) is 1.76. The van der Waals surface area contributed by atoms with Crippen molar-refractivity contribution in [1.29, 1.82) is 0 Å². The highest BCUT2D eigenvalue weighted by Crippen LogP contribution is 2.32. The van der Waals surface area contributed by atoms with E-state index in [4.69, 9.17) is 26.6 Å². The number of fused-ring (bicyclic) bond motifs is 2. The third kappa shape index (κ3) is 4.00. The lowest BCUT2D eigenvalue weighted by Gasteiger charge is -2.23. The monoisotopic (exact) mass is 442 g/mol. The molecule has 5 rings (SSSR count). The topological polar surface area (TPSA) is 68.6 Å². The summed E-state index contributed by atoms with van der Waals surface area (Å²) in [7, 11) is 0. The van der Waals surface area contributed by atoms with Crippen LogP contribution in [-0.2, 0) is 19.3 Å². The van der Waals surface area contributed by atoms with Crippen molar-refractivity contribution in [3.05, 3.63) is 93.4 Å². The predicted molar refractivity (Wildman–Crippen MR) is 125 cm³/mol. The van der Waals surface area contributed by atoms with Crippen LogP contribution in [-0.4, -0.2) is 25.7 Å². The van der Waals surface area contributed by atoms with E-state index in [2.05, 4.69) is 24.0 Å². The minimum absolute atomic E-state index is 0.0726. The van der Waals surface area contributed by atoms with Gasteiger partial charge in [0.1, 0.15) is 11.6 Å². The Hall–Kier alpha value is -3.18. The number of aromatic nitrogens is 4. The molecule has 0 saturated heterocycles. The van der Waals surface area contributed by atoms with E-state index in [0.717, 1.165) is 34.3 Å². The molecule has 160 valence electrons. The molecule has 1 unspecified atom stereocenters. The van der Waals surface area contributed by atoms with Gasteiger partial charge in [-0.15, -0.1) is 0 Å². The van der Waals surface area contributed by atoms with Gasteiger partial charge in [-0.1, -0.05) is 36.7 Å². The molecule has 6 heteroatoms. The summed E-state index contributed by atoms with van der Waals surface area (Å²) in [5.41, 5.74) is 5.63. The average Bonchev–Trinajstić information content (AvgIpc) is 2.78. The molecule has 0 N–H and O–H groups in total. The lowest BCUT2D eigenvalue weighted by molar-refractivity contribution is 0.0962. The van der Waals surface area contributed by atoms with Crippen molar-refractivity contribution in [2.75, 3.05) is 0 Å². The van der Waals surface area contributed by atoms with Crippen LogP contribution in [0.15, 0.2) is 48.7 Å². The van der Waals surface area contributed by atoms with Crippen molar-refractivity contribution in [3.8, 4) is 0 Å². The molecule has 0 amide bonds. The van der Waals surface area contributed by atoms with Gasteiger partial charge in [-0.25, -0.2) is 19.9 Å². The molecule has 0 bridgehead atoms. The number of aryl methyl sites for hydroxylation is 2. The zero-order valence-electron chi connectivity index (χ0n) is 18.1. The second kappa shape index (κ2) is 8.40. The first-order valence-electron chi connectivity index (χ1n) is 10.9. The molecule has 2 aromatic heterocycles. The number of hydrogen-bond acceptors (Lipinski definition) is 5. The predicted octanol–water partition coefficient (Wildman–Crippen LogP) is 5.45. The zero-order valence-corrected chi connectivity index (χ0v) is 18.9. The Bertz CT molecular complexity index is 1350. The van der Waals surface area contributed by atoms with Crippen LogP contribution in [0.2, 0.25) is 5.02 Å². The Morgan fingerprint density at radius 1 is 1.03 bits per heavy atom. The molecule has 1 atom stereocenters. The summed E-state index contributed by atoms with van der Waals surface area (Å²) >= 11 is 6.16. The van der Waals surface area contributed by atoms with Gasteiger partial charge in [-0.2, -0.15) is 0 Å². The Morgan fingerprint density at radius 3 is 2.72 bits per heavy atom. The summed E-state index contributed by atoms with van der Waals surface area (Å²) in [6, 6.07) is 14.0. The highest BCUT2D eigenvalue weighted by molar-refractivity contribution is 6.30. The van der Waals surface area contributed by atoms with Gasteiger partial charge in [0.25, 0.3) is 0 Å². The molecule has 0 aliphatic heterocycles. The van der Waals surface area contributed by atoms with E-state index in [0.29, 0.717) is 41.5 Å². The minimum Gasteiger partial charge on any atom is -0.294 e.